The summed E-state index contributed by atoms with van der Waals surface area (Å²) in [5.41, 5.74) is 1.71. The normalized spacial score (nSPS) is 12.4. The average Bonchev–Trinajstić information content (AvgIpc) is 3.13. The molecular weight excluding hydrogens is 379 g/mol. The van der Waals surface area contributed by atoms with Crippen LogP contribution in [0.25, 0.3) is 32.6 Å². The van der Waals surface area contributed by atoms with Gasteiger partial charge in [-0.3, -0.25) is 9.79 Å². The second-order valence-electron chi connectivity index (χ2n) is 5.12. The second-order valence-corrected chi connectivity index (χ2v) is 8.40. The molecule has 0 atom stereocenters. The molecule has 2 N–H and O–H groups in total. The molecule has 25 heavy (non-hydrogen) atoms. The Bertz CT molecular complexity index is 1110. The summed E-state index contributed by atoms with van der Waals surface area (Å²) in [6.07, 6.45) is 3.79. The fourth-order valence-electron chi connectivity index (χ4n) is 2.29. The summed E-state index contributed by atoms with van der Waals surface area (Å²) in [7, 11) is -4.56. The Morgan fingerprint density at radius 3 is 2.24 bits per heavy atom. The molecule has 2 aromatic heterocycles. The summed E-state index contributed by atoms with van der Waals surface area (Å²) in [4.78, 5) is 26.8. The minimum atomic E-state index is -4.56. The maximum Gasteiger partial charge on any atom is 0.524 e. The molecule has 0 saturated carbocycles. The van der Waals surface area contributed by atoms with Gasteiger partial charge in [-0.1, -0.05) is 12.1 Å². The molecule has 0 unspecified atom stereocenters. The lowest BCUT2D eigenvalue weighted by Gasteiger charge is -2.05. The van der Waals surface area contributed by atoms with E-state index >= 15 is 0 Å². The van der Waals surface area contributed by atoms with Crippen LogP contribution in [0, 0.1) is 0 Å². The van der Waals surface area contributed by atoms with Gasteiger partial charge in [-0.2, -0.15) is 0 Å². The monoisotopic (exact) mass is 390 g/mol. The Hall–Kier alpha value is -2.09. The number of benzene rings is 2. The highest BCUT2D eigenvalue weighted by Crippen LogP contribution is 2.39. The lowest BCUT2D eigenvalue weighted by molar-refractivity contribution is 0.283. The molecule has 0 saturated heterocycles. The molecule has 0 radical (unpaired) electrons. The molecule has 9 heteroatoms. The largest absolute Gasteiger partial charge is 0.524 e. The van der Waals surface area contributed by atoms with Crippen LogP contribution in [0.1, 0.15) is 10.0 Å². The van der Waals surface area contributed by atoms with Crippen LogP contribution in [0.2, 0.25) is 0 Å². The molecule has 4 rings (SSSR count). The first kappa shape index (κ1) is 16.4. The summed E-state index contributed by atoms with van der Waals surface area (Å²) in [6.45, 7) is 0. The van der Waals surface area contributed by atoms with Crippen molar-refractivity contribution >= 4 is 63.1 Å². The highest BCUT2D eigenvalue weighted by molar-refractivity contribution is 7.46. The van der Waals surface area contributed by atoms with Gasteiger partial charge in [0.15, 0.2) is 0 Å². The van der Waals surface area contributed by atoms with Gasteiger partial charge in [-0.25, -0.2) is 14.5 Å². The first-order valence-corrected chi connectivity index (χ1v) is 10.3. The van der Waals surface area contributed by atoms with Crippen LogP contribution in [0.15, 0.2) is 42.5 Å². The minimum Gasteiger partial charge on any atom is -0.404 e. The topological polar surface area (TPSA) is 92.5 Å². The van der Waals surface area contributed by atoms with Gasteiger partial charge in [-0.05, 0) is 36.4 Å². The maximum absolute atomic E-state index is 10.9. The Morgan fingerprint density at radius 2 is 1.56 bits per heavy atom. The Morgan fingerprint density at radius 1 is 0.920 bits per heavy atom. The van der Waals surface area contributed by atoms with E-state index in [2.05, 4.69) is 14.5 Å². The number of aromatic nitrogens is 2. The third-order valence-corrected chi connectivity index (χ3v) is 5.71. The fraction of sp³-hybridized carbons (Fsp3) is 0. The third kappa shape index (κ3) is 3.78. The van der Waals surface area contributed by atoms with E-state index in [1.807, 2.05) is 36.4 Å². The number of para-hydroxylation sites is 1. The van der Waals surface area contributed by atoms with E-state index in [0.29, 0.717) is 0 Å². The predicted octanol–water partition coefficient (Wildman–Crippen LogP) is 4.55. The van der Waals surface area contributed by atoms with Crippen molar-refractivity contribution in [3.05, 3.63) is 52.5 Å². The zero-order valence-corrected chi connectivity index (χ0v) is 15.1. The zero-order valence-electron chi connectivity index (χ0n) is 12.6. The van der Waals surface area contributed by atoms with Crippen molar-refractivity contribution in [1.29, 1.82) is 0 Å². The van der Waals surface area contributed by atoms with E-state index in [1.165, 1.54) is 17.4 Å². The average molecular weight is 390 g/mol. The number of hydrogen-bond acceptors (Lipinski definition) is 6. The van der Waals surface area contributed by atoms with Crippen molar-refractivity contribution in [2.45, 2.75) is 0 Å². The van der Waals surface area contributed by atoms with Crippen LogP contribution >= 0.6 is 30.5 Å². The van der Waals surface area contributed by atoms with E-state index in [0.717, 1.165) is 30.4 Å². The van der Waals surface area contributed by atoms with Gasteiger partial charge in [-0.15, -0.1) is 22.7 Å². The maximum atomic E-state index is 10.9. The summed E-state index contributed by atoms with van der Waals surface area (Å²) < 4.78 is 17.4. The Labute approximate surface area is 150 Å². The number of hydrogen-bond donors (Lipinski definition) is 2. The van der Waals surface area contributed by atoms with Gasteiger partial charge in [0, 0.05) is 6.07 Å². The predicted molar refractivity (Wildman–Crippen MR) is 101 cm³/mol. The SMILES string of the molecule is O=P(O)(O)Oc1ccc2nc(/C=C/c3nc4ccccc4s3)sc2c1. The van der Waals surface area contributed by atoms with Crippen molar-refractivity contribution in [1.82, 2.24) is 9.97 Å². The zero-order chi connectivity index (χ0) is 17.4. The highest BCUT2D eigenvalue weighted by atomic mass is 32.1. The molecule has 0 amide bonds. The standard InChI is InChI=1S/C16H11N2O4PS2/c19-23(20,21)22-10-5-6-12-14(9-10)25-16(18-12)8-7-15-17-11-3-1-2-4-13(11)24-15/h1-9H,(H2,19,20,21)/b8-7+. The molecule has 0 bridgehead atoms. The number of fused-ring (bicyclic) bond motifs is 2. The van der Waals surface area contributed by atoms with Gasteiger partial charge < -0.3 is 4.52 Å². The van der Waals surface area contributed by atoms with Crippen LogP contribution in [-0.2, 0) is 4.57 Å². The van der Waals surface area contributed by atoms with E-state index in [1.54, 1.807) is 23.5 Å². The van der Waals surface area contributed by atoms with E-state index in [9.17, 15) is 4.57 Å². The highest BCUT2D eigenvalue weighted by Gasteiger charge is 2.16. The molecule has 4 aromatic rings. The molecule has 2 heterocycles. The first-order chi connectivity index (χ1) is 12.0. The van der Waals surface area contributed by atoms with Crippen LogP contribution in [0.4, 0.5) is 0 Å². The molecule has 0 fully saturated rings. The van der Waals surface area contributed by atoms with Crippen molar-refractivity contribution in [3.8, 4) is 5.75 Å². The van der Waals surface area contributed by atoms with Crippen molar-refractivity contribution in [2.24, 2.45) is 0 Å². The summed E-state index contributed by atoms with van der Waals surface area (Å²) >= 11 is 3.01. The molecule has 0 aliphatic heterocycles. The van der Waals surface area contributed by atoms with Gasteiger partial charge in [0.25, 0.3) is 0 Å². The number of phosphoric acid groups is 1. The molecule has 0 aliphatic rings. The number of phosphoric ester groups is 1. The lowest BCUT2D eigenvalue weighted by Crippen LogP contribution is -1.89. The van der Waals surface area contributed by atoms with Crippen LogP contribution < -0.4 is 4.52 Å². The van der Waals surface area contributed by atoms with Crippen LogP contribution in [-0.4, -0.2) is 19.8 Å². The van der Waals surface area contributed by atoms with Crippen molar-refractivity contribution in [3.63, 3.8) is 0 Å². The number of nitrogens with zero attached hydrogens (tertiary/aromatic N) is 2. The van der Waals surface area contributed by atoms with Crippen LogP contribution in [0.3, 0.4) is 0 Å². The molecule has 126 valence electrons. The fourth-order valence-corrected chi connectivity index (χ4v) is 4.45. The van der Waals surface area contributed by atoms with Crippen molar-refractivity contribution in [2.75, 3.05) is 0 Å². The van der Waals surface area contributed by atoms with E-state index in [4.69, 9.17) is 9.79 Å². The van der Waals surface area contributed by atoms with Crippen molar-refractivity contribution < 1.29 is 18.9 Å². The molecule has 0 aliphatic carbocycles. The summed E-state index contributed by atoms with van der Waals surface area (Å²) in [6, 6.07) is 12.7. The number of rotatable bonds is 4. The third-order valence-electron chi connectivity index (χ3n) is 3.28. The quantitative estimate of drug-likeness (QED) is 0.497. The summed E-state index contributed by atoms with van der Waals surface area (Å²) in [5, 5.41) is 1.67. The Kier molecular flexibility index (Phi) is 4.15. The lowest BCUT2D eigenvalue weighted by atomic mass is 10.3. The van der Waals surface area contributed by atoms with Gasteiger partial charge in [0.2, 0.25) is 0 Å². The molecule has 0 spiro atoms. The van der Waals surface area contributed by atoms with E-state index in [-0.39, 0.29) is 5.75 Å². The smallest absolute Gasteiger partial charge is 0.404 e. The van der Waals surface area contributed by atoms with Gasteiger partial charge in [0.1, 0.15) is 15.8 Å². The van der Waals surface area contributed by atoms with Gasteiger partial charge in [0.05, 0.1) is 20.4 Å². The van der Waals surface area contributed by atoms with Crippen LogP contribution in [0.5, 0.6) is 5.75 Å². The van der Waals surface area contributed by atoms with E-state index < -0.39 is 7.82 Å². The molecular formula is C16H11N2O4PS2. The molecule has 6 nitrogen and oxygen atoms in total. The van der Waals surface area contributed by atoms with Gasteiger partial charge >= 0.3 is 7.82 Å². The molecule has 2 aromatic carbocycles. The Balaban J connectivity index is 1.61. The summed E-state index contributed by atoms with van der Waals surface area (Å²) in [5.74, 6) is 0.117. The first-order valence-electron chi connectivity index (χ1n) is 7.16. The second kappa shape index (κ2) is 6.33. The minimum absolute atomic E-state index is 0.117. The number of thiazole rings is 2.